The van der Waals surface area contributed by atoms with Crippen LogP contribution in [-0.4, -0.2) is 9.13 Å². The zero-order chi connectivity index (χ0) is 30.8. The average molecular weight is 680 g/mol. The second kappa shape index (κ2) is 11.7. The molecule has 0 N–H and O–H groups in total. The van der Waals surface area contributed by atoms with E-state index in [0.717, 1.165) is 0 Å². The summed E-state index contributed by atoms with van der Waals surface area (Å²) in [6, 6.07) is 56.9. The van der Waals surface area contributed by atoms with Crippen molar-refractivity contribution < 1.29 is 26.2 Å². The summed E-state index contributed by atoms with van der Waals surface area (Å²) in [6.07, 6.45) is 0. The van der Waals surface area contributed by atoms with E-state index in [0.29, 0.717) is 0 Å². The van der Waals surface area contributed by atoms with Crippen LogP contribution in [0.15, 0.2) is 158 Å². The van der Waals surface area contributed by atoms with Crippen LogP contribution in [0.2, 0.25) is 0 Å². The standard InChI is InChI=1S/2C22H16N.Zr/c2*1-15-13-16-7-6-12-22(19(16)14-15)23-20-10-4-2-8-17(20)18-9-3-5-11-21(18)23;/h2*2-14H,1H3;/q2*-1;+2. The molecule has 2 heterocycles. The van der Waals surface area contributed by atoms with Crippen molar-refractivity contribution in [2.45, 2.75) is 13.8 Å². The van der Waals surface area contributed by atoms with Crippen LogP contribution < -0.4 is 0 Å². The van der Waals surface area contributed by atoms with Crippen LogP contribution in [0.4, 0.5) is 0 Å². The van der Waals surface area contributed by atoms with E-state index in [1.165, 1.54) is 87.7 Å². The Morgan fingerprint density at radius 3 is 1.02 bits per heavy atom. The Morgan fingerprint density at radius 1 is 0.362 bits per heavy atom. The number of aromatic nitrogens is 2. The van der Waals surface area contributed by atoms with Gasteiger partial charge in [0.05, 0.1) is 22.1 Å². The summed E-state index contributed by atoms with van der Waals surface area (Å²) in [5.41, 5.74) is 10.2. The Balaban J connectivity index is 0.000000135. The van der Waals surface area contributed by atoms with Crippen molar-refractivity contribution in [3.63, 3.8) is 0 Å². The molecule has 0 aliphatic carbocycles. The first kappa shape index (κ1) is 29.4. The van der Waals surface area contributed by atoms with Crippen molar-refractivity contribution in [3.05, 3.63) is 169 Å². The van der Waals surface area contributed by atoms with Gasteiger partial charge in [-0.2, -0.15) is 12.1 Å². The van der Waals surface area contributed by atoms with Crippen LogP contribution in [0.5, 0.6) is 0 Å². The first-order valence-corrected chi connectivity index (χ1v) is 15.9. The molecule has 2 aromatic heterocycles. The summed E-state index contributed by atoms with van der Waals surface area (Å²) >= 11 is 0. The van der Waals surface area contributed by atoms with Crippen LogP contribution in [0.1, 0.15) is 11.1 Å². The zero-order valence-corrected chi connectivity index (χ0v) is 28.9. The van der Waals surface area contributed by atoms with Gasteiger partial charge < -0.3 is 9.13 Å². The topological polar surface area (TPSA) is 9.86 Å². The third-order valence-electron chi connectivity index (χ3n) is 9.39. The predicted octanol–water partition coefficient (Wildman–Crippen LogP) is 11.9. The first-order chi connectivity index (χ1) is 22.7. The largest absolute Gasteiger partial charge is 2.00 e. The van der Waals surface area contributed by atoms with E-state index in [-0.39, 0.29) is 26.2 Å². The van der Waals surface area contributed by atoms with Crippen molar-refractivity contribution in [1.82, 2.24) is 9.13 Å². The van der Waals surface area contributed by atoms with E-state index in [2.05, 4.69) is 181 Å². The van der Waals surface area contributed by atoms with Gasteiger partial charge in [0.25, 0.3) is 0 Å². The smallest absolute Gasteiger partial charge is 0.318 e. The van der Waals surface area contributed by atoms with Crippen LogP contribution in [-0.2, 0) is 26.2 Å². The fourth-order valence-corrected chi connectivity index (χ4v) is 7.49. The third-order valence-corrected chi connectivity index (χ3v) is 9.39. The number of hydrogen-bond donors (Lipinski definition) is 0. The Morgan fingerprint density at radius 2 is 0.681 bits per heavy atom. The minimum Gasteiger partial charge on any atom is -0.318 e. The summed E-state index contributed by atoms with van der Waals surface area (Å²) in [5, 5.41) is 10.5. The molecule has 3 heteroatoms. The summed E-state index contributed by atoms with van der Waals surface area (Å²) in [4.78, 5) is 0. The molecular weight excluding hydrogens is 648 g/mol. The molecule has 222 valence electrons. The Hall–Kier alpha value is -4.98. The molecule has 0 radical (unpaired) electrons. The molecule has 8 aromatic carbocycles. The number of rotatable bonds is 2. The van der Waals surface area contributed by atoms with Gasteiger partial charge >= 0.3 is 26.2 Å². The Bertz CT molecular complexity index is 2430. The molecule has 10 rings (SSSR count). The minimum atomic E-state index is 0. The van der Waals surface area contributed by atoms with Crippen LogP contribution in [0.3, 0.4) is 0 Å². The van der Waals surface area contributed by atoms with Gasteiger partial charge in [-0.3, -0.25) is 0 Å². The second-order valence-corrected chi connectivity index (χ2v) is 12.4. The molecule has 0 amide bonds. The molecule has 0 aliphatic heterocycles. The maximum absolute atomic E-state index is 2.40. The van der Waals surface area contributed by atoms with E-state index >= 15 is 0 Å². The van der Waals surface area contributed by atoms with Gasteiger partial charge in [0, 0.05) is 32.9 Å². The van der Waals surface area contributed by atoms with Gasteiger partial charge in [-0.1, -0.05) is 98.8 Å². The number of fused-ring (bicyclic) bond motifs is 8. The molecule has 2 nitrogen and oxygen atoms in total. The summed E-state index contributed by atoms with van der Waals surface area (Å²) in [5.74, 6) is 0. The molecule has 0 unspecified atom stereocenters. The number of aryl methyl sites for hydroxylation is 2. The Kier molecular flexibility index (Phi) is 7.31. The fraction of sp³-hybridized carbons (Fsp3) is 0.0455. The SMILES string of the molecule is Cc1cc2c(-n3c4ccccc4c4ccccc43)cccc2[cH-]1.Cc1cc2c(-n3c4ccccc4c4ccccc43)cccc2[cH-]1.[Zr+2]. The fourth-order valence-electron chi connectivity index (χ4n) is 7.49. The summed E-state index contributed by atoms with van der Waals surface area (Å²) in [6.45, 7) is 4.32. The number of benzene rings is 6. The average Bonchev–Trinajstić information content (AvgIpc) is 3.84. The summed E-state index contributed by atoms with van der Waals surface area (Å²) < 4.78 is 4.79. The van der Waals surface area contributed by atoms with Crippen LogP contribution in [0, 0.1) is 13.8 Å². The van der Waals surface area contributed by atoms with Crippen LogP contribution in [0.25, 0.3) is 76.5 Å². The van der Waals surface area contributed by atoms with Crippen molar-refractivity contribution in [2.24, 2.45) is 0 Å². The van der Waals surface area contributed by atoms with Crippen molar-refractivity contribution in [2.75, 3.05) is 0 Å². The van der Waals surface area contributed by atoms with Gasteiger partial charge in [-0.15, -0.1) is 69.1 Å². The van der Waals surface area contributed by atoms with E-state index in [1.807, 2.05) is 0 Å². The van der Waals surface area contributed by atoms with E-state index in [4.69, 9.17) is 0 Å². The maximum atomic E-state index is 2.40. The third kappa shape index (κ3) is 4.72. The molecule has 10 aromatic rings. The molecular formula is C44H32N2Zr. The van der Waals surface area contributed by atoms with Gasteiger partial charge in [0.2, 0.25) is 0 Å². The van der Waals surface area contributed by atoms with Crippen molar-refractivity contribution in [3.8, 4) is 11.4 Å². The molecule has 0 spiro atoms. The van der Waals surface area contributed by atoms with Gasteiger partial charge in [-0.05, 0) is 24.3 Å². The van der Waals surface area contributed by atoms with Crippen molar-refractivity contribution >= 4 is 65.2 Å². The second-order valence-electron chi connectivity index (χ2n) is 12.4. The predicted molar refractivity (Wildman–Crippen MR) is 197 cm³/mol. The normalized spacial score (nSPS) is 11.4. The van der Waals surface area contributed by atoms with Crippen molar-refractivity contribution in [1.29, 1.82) is 0 Å². The molecule has 0 atom stereocenters. The molecule has 0 aliphatic rings. The molecule has 0 bridgehead atoms. The van der Waals surface area contributed by atoms with E-state index in [1.54, 1.807) is 0 Å². The number of hydrogen-bond acceptors (Lipinski definition) is 0. The van der Waals surface area contributed by atoms with E-state index in [9.17, 15) is 0 Å². The minimum absolute atomic E-state index is 0. The Labute approximate surface area is 292 Å². The monoisotopic (exact) mass is 678 g/mol. The number of para-hydroxylation sites is 4. The summed E-state index contributed by atoms with van der Waals surface area (Å²) in [7, 11) is 0. The molecule has 0 saturated carbocycles. The quantitative estimate of drug-likeness (QED) is 0.161. The van der Waals surface area contributed by atoms with Crippen LogP contribution >= 0.6 is 0 Å². The molecule has 47 heavy (non-hydrogen) atoms. The van der Waals surface area contributed by atoms with Gasteiger partial charge in [-0.25, -0.2) is 0 Å². The molecule has 0 fully saturated rings. The molecule has 0 saturated heterocycles. The van der Waals surface area contributed by atoms with Gasteiger partial charge in [0.15, 0.2) is 0 Å². The first-order valence-electron chi connectivity index (χ1n) is 15.9. The van der Waals surface area contributed by atoms with E-state index < -0.39 is 0 Å². The van der Waals surface area contributed by atoms with Gasteiger partial charge in [0.1, 0.15) is 0 Å². The number of nitrogens with zero attached hydrogens (tertiary/aromatic N) is 2. The maximum Gasteiger partial charge on any atom is 2.00 e. The zero-order valence-electron chi connectivity index (χ0n) is 26.4.